The number of hydrogen-bond acceptors (Lipinski definition) is 5. The molecule has 3 saturated heterocycles. The van der Waals surface area contributed by atoms with Crippen LogP contribution in [0.4, 0.5) is 0 Å². The van der Waals surface area contributed by atoms with Gasteiger partial charge in [0.1, 0.15) is 11.6 Å². The van der Waals surface area contributed by atoms with E-state index in [0.717, 1.165) is 5.56 Å². The van der Waals surface area contributed by atoms with Gasteiger partial charge in [0, 0.05) is 25.2 Å². The highest BCUT2D eigenvalue weighted by Crippen LogP contribution is 2.58. The molecule has 3 N–H and O–H groups in total. The summed E-state index contributed by atoms with van der Waals surface area (Å²) in [6, 6.07) is 8.80. The van der Waals surface area contributed by atoms with Gasteiger partial charge in [-0.3, -0.25) is 14.4 Å². The Balaban J connectivity index is 1.60. The summed E-state index contributed by atoms with van der Waals surface area (Å²) in [7, 11) is 0. The van der Waals surface area contributed by atoms with E-state index in [1.807, 2.05) is 51.1 Å². The molecule has 3 heterocycles. The fraction of sp³-hybridized carbons (Fsp3) is 0.625. The molecule has 3 fully saturated rings. The largest absolute Gasteiger partial charge is 0.396 e. The van der Waals surface area contributed by atoms with E-state index in [2.05, 4.69) is 10.6 Å². The van der Waals surface area contributed by atoms with Crippen LogP contribution in [0.25, 0.3) is 0 Å². The molecule has 0 aliphatic carbocycles. The lowest BCUT2D eigenvalue weighted by Gasteiger charge is -2.35. The van der Waals surface area contributed by atoms with E-state index in [1.54, 1.807) is 0 Å². The zero-order chi connectivity index (χ0) is 23.1. The maximum atomic E-state index is 13.6. The normalized spacial score (nSPS) is 31.0. The highest BCUT2D eigenvalue weighted by molar-refractivity contribution is 5.99. The molecule has 32 heavy (non-hydrogen) atoms. The predicted octanol–water partition coefficient (Wildman–Crippen LogP) is 0.975. The number of hydrogen-bond donors (Lipinski definition) is 3. The van der Waals surface area contributed by atoms with Gasteiger partial charge in [-0.15, -0.1) is 0 Å². The predicted molar refractivity (Wildman–Crippen MR) is 117 cm³/mol. The van der Waals surface area contributed by atoms with Crippen molar-refractivity contribution in [3.05, 3.63) is 35.9 Å². The molecule has 3 amide bonds. The molecular formula is C24H33N3O5. The summed E-state index contributed by atoms with van der Waals surface area (Å²) < 4.78 is 6.35. The van der Waals surface area contributed by atoms with Gasteiger partial charge < -0.3 is 25.4 Å². The molecule has 2 unspecified atom stereocenters. The molecule has 0 radical (unpaired) electrons. The molecular weight excluding hydrogens is 410 g/mol. The summed E-state index contributed by atoms with van der Waals surface area (Å²) >= 11 is 0. The average molecular weight is 444 g/mol. The van der Waals surface area contributed by atoms with E-state index < -0.39 is 29.0 Å². The van der Waals surface area contributed by atoms with Crippen molar-refractivity contribution < 1.29 is 24.2 Å². The maximum Gasteiger partial charge on any atom is 0.246 e. The van der Waals surface area contributed by atoms with Crippen molar-refractivity contribution >= 4 is 17.7 Å². The number of ether oxygens (including phenoxy) is 1. The number of aliphatic hydroxyl groups excluding tert-OH is 1. The Labute approximate surface area is 188 Å². The first-order valence-corrected chi connectivity index (χ1v) is 11.4. The first-order valence-electron chi connectivity index (χ1n) is 11.4. The van der Waals surface area contributed by atoms with E-state index >= 15 is 0 Å². The minimum Gasteiger partial charge on any atom is -0.396 e. The van der Waals surface area contributed by atoms with Crippen LogP contribution in [0.15, 0.2) is 30.3 Å². The Kier molecular flexibility index (Phi) is 6.02. The topological polar surface area (TPSA) is 108 Å². The van der Waals surface area contributed by atoms with Crippen molar-refractivity contribution in [2.75, 3.05) is 13.2 Å². The molecule has 1 aromatic rings. The van der Waals surface area contributed by atoms with E-state index in [1.165, 1.54) is 4.90 Å². The third-order valence-corrected chi connectivity index (χ3v) is 6.72. The molecule has 1 aromatic carbocycles. The SMILES string of the molecule is CC(C)(C)NC(=O)C1N(CCCO)C(=O)[C@@H]2[C@@H](C(=O)NCc3ccccc3)[C@H]3CCC12O3. The van der Waals surface area contributed by atoms with Crippen LogP contribution in [0, 0.1) is 11.8 Å². The summed E-state index contributed by atoms with van der Waals surface area (Å²) in [4.78, 5) is 41.6. The summed E-state index contributed by atoms with van der Waals surface area (Å²) in [5.41, 5.74) is -0.494. The van der Waals surface area contributed by atoms with Gasteiger partial charge in [0.05, 0.1) is 17.9 Å². The van der Waals surface area contributed by atoms with Gasteiger partial charge in [-0.05, 0) is 45.6 Å². The number of carbonyl (C=O) groups excluding carboxylic acids is 3. The van der Waals surface area contributed by atoms with Crippen molar-refractivity contribution in [1.29, 1.82) is 0 Å². The fourth-order valence-corrected chi connectivity index (χ4v) is 5.58. The molecule has 8 heteroatoms. The van der Waals surface area contributed by atoms with Crippen LogP contribution in [0.1, 0.15) is 45.6 Å². The first-order chi connectivity index (χ1) is 15.2. The van der Waals surface area contributed by atoms with Crippen molar-refractivity contribution in [2.45, 2.75) is 69.9 Å². The number of aliphatic hydroxyl groups is 1. The monoisotopic (exact) mass is 443 g/mol. The summed E-state index contributed by atoms with van der Waals surface area (Å²) in [6.07, 6.45) is 1.20. The van der Waals surface area contributed by atoms with Gasteiger partial charge in [-0.25, -0.2) is 0 Å². The van der Waals surface area contributed by atoms with Crippen molar-refractivity contribution in [2.24, 2.45) is 11.8 Å². The van der Waals surface area contributed by atoms with Gasteiger partial charge in [-0.2, -0.15) is 0 Å². The Morgan fingerprint density at radius 3 is 2.59 bits per heavy atom. The van der Waals surface area contributed by atoms with Crippen LogP contribution in [0.5, 0.6) is 0 Å². The van der Waals surface area contributed by atoms with Crippen molar-refractivity contribution in [1.82, 2.24) is 15.5 Å². The van der Waals surface area contributed by atoms with E-state index in [4.69, 9.17) is 4.74 Å². The van der Waals surface area contributed by atoms with E-state index in [-0.39, 0.29) is 37.0 Å². The second-order valence-corrected chi connectivity index (χ2v) is 10.1. The number of likely N-dealkylation sites (tertiary alicyclic amines) is 1. The smallest absolute Gasteiger partial charge is 0.246 e. The number of fused-ring (bicyclic) bond motifs is 1. The van der Waals surface area contributed by atoms with Crippen molar-refractivity contribution in [3.63, 3.8) is 0 Å². The van der Waals surface area contributed by atoms with Gasteiger partial charge >= 0.3 is 0 Å². The molecule has 5 atom stereocenters. The number of carbonyl (C=O) groups is 3. The first kappa shape index (κ1) is 22.7. The highest BCUT2D eigenvalue weighted by atomic mass is 16.5. The van der Waals surface area contributed by atoms with Gasteiger partial charge in [0.2, 0.25) is 17.7 Å². The van der Waals surface area contributed by atoms with Crippen LogP contribution in [0.3, 0.4) is 0 Å². The molecule has 3 aliphatic heterocycles. The second-order valence-electron chi connectivity index (χ2n) is 10.1. The zero-order valence-electron chi connectivity index (χ0n) is 19.0. The standard InChI is InChI=1S/C24H33N3O5/c1-23(2,3)26-21(30)19-24-11-10-16(32-24)17(18(24)22(31)27(19)12-7-13-28)20(29)25-14-15-8-5-4-6-9-15/h4-6,8-9,16-19,28H,7,10-14H2,1-3H3,(H,25,29)(H,26,30)/t16-,17+,18+,19?,24?/m1/s1. The number of rotatable bonds is 7. The molecule has 3 aliphatic rings. The third kappa shape index (κ3) is 3.90. The highest BCUT2D eigenvalue weighted by Gasteiger charge is 2.74. The average Bonchev–Trinajstić information content (AvgIpc) is 3.37. The molecule has 0 saturated carbocycles. The second kappa shape index (κ2) is 8.48. The lowest BCUT2D eigenvalue weighted by molar-refractivity contribution is -0.143. The van der Waals surface area contributed by atoms with Crippen LogP contribution in [-0.2, 0) is 25.7 Å². The number of benzene rings is 1. The minimum atomic E-state index is -0.999. The van der Waals surface area contributed by atoms with E-state index in [9.17, 15) is 19.5 Å². The summed E-state index contributed by atoms with van der Waals surface area (Å²) in [5, 5.41) is 15.3. The Hall–Kier alpha value is -2.45. The molecule has 0 aromatic heterocycles. The van der Waals surface area contributed by atoms with E-state index in [0.29, 0.717) is 25.8 Å². The van der Waals surface area contributed by atoms with Crippen LogP contribution < -0.4 is 10.6 Å². The fourth-order valence-electron chi connectivity index (χ4n) is 5.58. The number of amides is 3. The van der Waals surface area contributed by atoms with Crippen LogP contribution >= 0.6 is 0 Å². The quantitative estimate of drug-likeness (QED) is 0.582. The maximum absolute atomic E-state index is 13.6. The molecule has 1 spiro atoms. The molecule has 4 rings (SSSR count). The van der Waals surface area contributed by atoms with Crippen LogP contribution in [0.2, 0.25) is 0 Å². The molecule has 174 valence electrons. The lowest BCUT2D eigenvalue weighted by atomic mass is 9.70. The Bertz CT molecular complexity index is 883. The number of nitrogens with zero attached hydrogens (tertiary/aromatic N) is 1. The van der Waals surface area contributed by atoms with Crippen LogP contribution in [-0.4, -0.2) is 64.2 Å². The Morgan fingerprint density at radius 2 is 1.94 bits per heavy atom. The zero-order valence-corrected chi connectivity index (χ0v) is 19.0. The summed E-state index contributed by atoms with van der Waals surface area (Å²) in [6.45, 7) is 6.21. The lowest BCUT2D eigenvalue weighted by Crippen LogP contribution is -2.58. The molecule has 8 nitrogen and oxygen atoms in total. The van der Waals surface area contributed by atoms with Gasteiger partial charge in [0.25, 0.3) is 0 Å². The van der Waals surface area contributed by atoms with Gasteiger partial charge in [-0.1, -0.05) is 30.3 Å². The summed E-state index contributed by atoms with van der Waals surface area (Å²) in [5.74, 6) is -2.01. The third-order valence-electron chi connectivity index (χ3n) is 6.72. The molecule has 2 bridgehead atoms. The van der Waals surface area contributed by atoms with Gasteiger partial charge in [0.15, 0.2) is 0 Å². The number of nitrogens with one attached hydrogen (secondary N) is 2. The Morgan fingerprint density at radius 1 is 1.22 bits per heavy atom. The van der Waals surface area contributed by atoms with Crippen molar-refractivity contribution in [3.8, 4) is 0 Å². The minimum absolute atomic E-state index is 0.0838.